The number of fused-ring (bicyclic) bond motifs is 1. The second kappa shape index (κ2) is 10.8. The second-order valence-electron chi connectivity index (χ2n) is 8.12. The lowest BCUT2D eigenvalue weighted by molar-refractivity contribution is -0.192. The molecule has 0 bridgehead atoms. The fourth-order valence-corrected chi connectivity index (χ4v) is 4.01. The Morgan fingerprint density at radius 1 is 1.21 bits per heavy atom. The number of amides is 2. The van der Waals surface area contributed by atoms with Gasteiger partial charge in [0.05, 0.1) is 25.0 Å². The molecular formula is C22H28F3N5O4. The highest BCUT2D eigenvalue weighted by molar-refractivity contribution is 5.89. The second-order valence-corrected chi connectivity index (χ2v) is 8.12. The molecule has 2 aliphatic heterocycles. The first-order valence-corrected chi connectivity index (χ1v) is 10.8. The normalized spacial score (nSPS) is 15.9. The molecule has 34 heavy (non-hydrogen) atoms. The fraction of sp³-hybridized carbons (Fsp3) is 0.500. The minimum Gasteiger partial charge on any atom is -0.497 e. The molecule has 2 aliphatic rings. The number of hydrogen-bond acceptors (Lipinski definition) is 5. The van der Waals surface area contributed by atoms with Crippen molar-refractivity contribution in [2.75, 3.05) is 32.1 Å². The molecule has 0 radical (unpaired) electrons. The lowest BCUT2D eigenvalue weighted by atomic mass is 10.0. The number of halogens is 3. The molecule has 1 saturated heterocycles. The topological polar surface area (TPSA) is 99.9 Å². The Morgan fingerprint density at radius 2 is 1.88 bits per heavy atom. The number of aryl methyl sites for hydroxylation is 1. The van der Waals surface area contributed by atoms with Gasteiger partial charge in [0.25, 0.3) is 0 Å². The number of rotatable bonds is 4. The van der Waals surface area contributed by atoms with Gasteiger partial charge in [-0.05, 0) is 44.5 Å². The number of nitrogens with zero attached hydrogens (tertiary/aromatic N) is 4. The van der Waals surface area contributed by atoms with Gasteiger partial charge in [-0.15, -0.1) is 0 Å². The van der Waals surface area contributed by atoms with E-state index in [-0.39, 0.29) is 6.03 Å². The van der Waals surface area contributed by atoms with E-state index in [0.29, 0.717) is 13.1 Å². The molecule has 0 aliphatic carbocycles. The van der Waals surface area contributed by atoms with Gasteiger partial charge in [-0.1, -0.05) is 6.07 Å². The smallest absolute Gasteiger partial charge is 0.490 e. The molecule has 2 N–H and O–H groups in total. The zero-order chi connectivity index (χ0) is 24.9. The number of alkyl halides is 3. The number of urea groups is 1. The van der Waals surface area contributed by atoms with Crippen molar-refractivity contribution in [3.05, 3.63) is 41.2 Å². The summed E-state index contributed by atoms with van der Waals surface area (Å²) in [6.45, 7) is 4.57. The summed E-state index contributed by atoms with van der Waals surface area (Å²) in [5, 5.41) is 14.9. The molecule has 1 fully saturated rings. The minimum atomic E-state index is -5.08. The van der Waals surface area contributed by atoms with Gasteiger partial charge in [0.1, 0.15) is 5.75 Å². The number of benzene rings is 1. The van der Waals surface area contributed by atoms with Gasteiger partial charge in [0.2, 0.25) is 0 Å². The summed E-state index contributed by atoms with van der Waals surface area (Å²) in [4.78, 5) is 25.9. The average molecular weight is 483 g/mol. The number of aliphatic carboxylic acids is 1. The van der Waals surface area contributed by atoms with Crippen LogP contribution < -0.4 is 10.1 Å². The first-order chi connectivity index (χ1) is 16.1. The maximum absolute atomic E-state index is 12.7. The number of anilines is 1. The van der Waals surface area contributed by atoms with E-state index in [1.165, 1.54) is 37.2 Å². The van der Waals surface area contributed by atoms with Crippen LogP contribution in [0.25, 0.3) is 0 Å². The Labute approximate surface area is 195 Å². The number of hydrogen-bond donors (Lipinski definition) is 2. The number of carbonyl (C=O) groups excluding carboxylic acids is 1. The molecule has 186 valence electrons. The maximum Gasteiger partial charge on any atom is 0.490 e. The molecule has 1 aromatic heterocycles. The lowest BCUT2D eigenvalue weighted by Crippen LogP contribution is -2.39. The number of nitrogens with one attached hydrogen (secondary N) is 1. The molecule has 12 heteroatoms. The zero-order valence-corrected chi connectivity index (χ0v) is 19.1. The highest BCUT2D eigenvalue weighted by atomic mass is 19.4. The summed E-state index contributed by atoms with van der Waals surface area (Å²) in [7, 11) is 3.60. The lowest BCUT2D eigenvalue weighted by Gasteiger charge is -2.28. The van der Waals surface area contributed by atoms with Crippen molar-refractivity contribution in [2.45, 2.75) is 38.5 Å². The van der Waals surface area contributed by atoms with E-state index < -0.39 is 12.1 Å². The predicted octanol–water partition coefficient (Wildman–Crippen LogP) is 3.25. The van der Waals surface area contributed by atoms with Crippen LogP contribution in [0, 0.1) is 0 Å². The van der Waals surface area contributed by atoms with Gasteiger partial charge >= 0.3 is 18.2 Å². The molecule has 0 atom stereocenters. The van der Waals surface area contributed by atoms with Crippen molar-refractivity contribution in [1.82, 2.24) is 19.6 Å². The van der Waals surface area contributed by atoms with E-state index in [1.807, 2.05) is 40.9 Å². The van der Waals surface area contributed by atoms with Gasteiger partial charge in [-0.2, -0.15) is 18.3 Å². The molecule has 2 aromatic rings. The van der Waals surface area contributed by atoms with E-state index in [9.17, 15) is 18.0 Å². The average Bonchev–Trinajstić information content (AvgIpc) is 3.41. The third-order valence-electron chi connectivity index (χ3n) is 5.75. The molecule has 9 nitrogen and oxygen atoms in total. The fourth-order valence-electron chi connectivity index (χ4n) is 4.01. The van der Waals surface area contributed by atoms with Crippen LogP contribution in [0.4, 0.5) is 23.7 Å². The van der Waals surface area contributed by atoms with E-state index in [4.69, 9.17) is 19.7 Å². The minimum absolute atomic E-state index is 0.0869. The first kappa shape index (κ1) is 25.3. The third kappa shape index (κ3) is 6.40. The Bertz CT molecular complexity index is 1020. The van der Waals surface area contributed by atoms with Gasteiger partial charge in [-0.25, -0.2) is 9.59 Å². The molecule has 1 aromatic carbocycles. The number of ether oxygens (including phenoxy) is 1. The van der Waals surface area contributed by atoms with Gasteiger partial charge < -0.3 is 20.1 Å². The zero-order valence-electron chi connectivity index (χ0n) is 19.1. The van der Waals surface area contributed by atoms with Crippen LogP contribution in [-0.2, 0) is 31.4 Å². The standard InChI is InChI=1S/C20H27N5O2.C2HF3O2/c1-23-19-14-25(20(26)21-15-6-5-7-16(12-15)27-2)11-8-17(19)18(22-23)13-24-9-3-4-10-24;3-2(4,5)1(6)7/h5-7,12H,3-4,8-11,13-14H2,1-2H3,(H,21,26);(H,6,7). The van der Waals surface area contributed by atoms with Crippen LogP contribution in [0.1, 0.15) is 29.8 Å². The largest absolute Gasteiger partial charge is 0.497 e. The number of carboxylic acid groups (broad SMARTS) is 1. The number of carbonyl (C=O) groups is 2. The van der Waals surface area contributed by atoms with Crippen LogP contribution in [0.3, 0.4) is 0 Å². The van der Waals surface area contributed by atoms with Crippen molar-refractivity contribution in [2.24, 2.45) is 7.05 Å². The SMILES string of the molecule is COc1cccc(NC(=O)N2CCc3c(CN4CCCC4)nn(C)c3C2)c1.O=C(O)C(F)(F)F. The van der Waals surface area contributed by atoms with Crippen LogP contribution in [0.2, 0.25) is 0 Å². The quantitative estimate of drug-likeness (QED) is 0.693. The highest BCUT2D eigenvalue weighted by Gasteiger charge is 2.38. The van der Waals surface area contributed by atoms with Crippen molar-refractivity contribution < 1.29 is 32.6 Å². The highest BCUT2D eigenvalue weighted by Crippen LogP contribution is 2.25. The molecule has 0 saturated carbocycles. The number of methoxy groups -OCH3 is 1. The Hall–Kier alpha value is -3.28. The van der Waals surface area contributed by atoms with Crippen molar-refractivity contribution in [3.8, 4) is 5.75 Å². The summed E-state index contributed by atoms with van der Waals surface area (Å²) in [6.07, 6.45) is -1.65. The van der Waals surface area contributed by atoms with E-state index >= 15 is 0 Å². The van der Waals surface area contributed by atoms with Gasteiger partial charge in [0, 0.05) is 37.5 Å². The van der Waals surface area contributed by atoms with E-state index in [2.05, 4.69) is 10.2 Å². The third-order valence-corrected chi connectivity index (χ3v) is 5.75. The monoisotopic (exact) mass is 483 g/mol. The number of carboxylic acids is 1. The molecular weight excluding hydrogens is 455 g/mol. The molecule has 3 heterocycles. The predicted molar refractivity (Wildman–Crippen MR) is 118 cm³/mol. The summed E-state index contributed by atoms with van der Waals surface area (Å²) >= 11 is 0. The van der Waals surface area contributed by atoms with Gasteiger partial charge in [0.15, 0.2) is 0 Å². The molecule has 4 rings (SSSR count). The van der Waals surface area contributed by atoms with Crippen molar-refractivity contribution in [1.29, 1.82) is 0 Å². The van der Waals surface area contributed by atoms with E-state index in [1.54, 1.807) is 7.11 Å². The molecule has 0 spiro atoms. The van der Waals surface area contributed by atoms with E-state index in [0.717, 1.165) is 30.1 Å². The molecule has 0 unspecified atom stereocenters. The molecule has 2 amide bonds. The van der Waals surface area contributed by atoms with Gasteiger partial charge in [-0.3, -0.25) is 9.58 Å². The van der Waals surface area contributed by atoms with Crippen LogP contribution >= 0.6 is 0 Å². The number of likely N-dealkylation sites (tertiary alicyclic amines) is 1. The summed E-state index contributed by atoms with van der Waals surface area (Å²) in [5.41, 5.74) is 4.40. The van der Waals surface area contributed by atoms with Crippen LogP contribution in [-0.4, -0.2) is 69.6 Å². The first-order valence-electron chi connectivity index (χ1n) is 10.8. The summed E-state index contributed by atoms with van der Waals surface area (Å²) in [5.74, 6) is -2.03. The Balaban J connectivity index is 0.000000406. The Morgan fingerprint density at radius 3 is 2.50 bits per heavy atom. The van der Waals surface area contributed by atoms with Crippen molar-refractivity contribution in [3.63, 3.8) is 0 Å². The Kier molecular flexibility index (Phi) is 8.02. The van der Waals surface area contributed by atoms with Crippen molar-refractivity contribution >= 4 is 17.7 Å². The number of aromatic nitrogens is 2. The summed E-state index contributed by atoms with van der Waals surface area (Å²) < 4.78 is 38.9. The van der Waals surface area contributed by atoms with Crippen LogP contribution in [0.15, 0.2) is 24.3 Å². The summed E-state index contributed by atoms with van der Waals surface area (Å²) in [6, 6.07) is 7.34. The van der Waals surface area contributed by atoms with Crippen LogP contribution in [0.5, 0.6) is 5.75 Å². The maximum atomic E-state index is 12.7.